The van der Waals surface area contributed by atoms with Crippen LogP contribution in [0.5, 0.6) is 0 Å². The molecular formula is C19H17F3N2O2. The lowest BCUT2D eigenvalue weighted by Gasteiger charge is -2.31. The van der Waals surface area contributed by atoms with E-state index in [1.165, 1.54) is 29.2 Å². The summed E-state index contributed by atoms with van der Waals surface area (Å²) in [5.41, 5.74) is 0.323. The highest BCUT2D eigenvalue weighted by Crippen LogP contribution is 2.22. The number of carbonyl (C=O) groups excluding carboxylic acids is 2. The van der Waals surface area contributed by atoms with Gasteiger partial charge in [0.05, 0.1) is 5.56 Å². The molecule has 1 aliphatic heterocycles. The number of hydrogen-bond acceptors (Lipinski definition) is 2. The molecule has 1 saturated heterocycles. The van der Waals surface area contributed by atoms with Gasteiger partial charge in [0.15, 0.2) is 0 Å². The quantitative estimate of drug-likeness (QED) is 0.907. The number of amides is 2. The maximum Gasteiger partial charge on any atom is 0.256 e. The fourth-order valence-corrected chi connectivity index (χ4v) is 2.96. The van der Waals surface area contributed by atoms with E-state index in [0.717, 1.165) is 12.1 Å². The van der Waals surface area contributed by atoms with Gasteiger partial charge in [0.1, 0.15) is 17.5 Å². The van der Waals surface area contributed by atoms with Crippen molar-refractivity contribution < 1.29 is 22.8 Å². The smallest absolute Gasteiger partial charge is 0.256 e. The van der Waals surface area contributed by atoms with Gasteiger partial charge >= 0.3 is 0 Å². The zero-order valence-electron chi connectivity index (χ0n) is 13.8. The summed E-state index contributed by atoms with van der Waals surface area (Å²) in [5.74, 6) is -3.03. The number of nitrogens with zero attached hydrogens (tertiary/aromatic N) is 1. The van der Waals surface area contributed by atoms with Crippen molar-refractivity contribution in [1.29, 1.82) is 0 Å². The molecular weight excluding hydrogens is 345 g/mol. The summed E-state index contributed by atoms with van der Waals surface area (Å²) in [6.45, 7) is 0.605. The Bertz CT molecular complexity index is 816. The predicted octanol–water partition coefficient (Wildman–Crippen LogP) is 3.59. The highest BCUT2D eigenvalue weighted by Gasteiger charge is 2.29. The largest absolute Gasteiger partial charge is 0.339 e. The Morgan fingerprint density at radius 3 is 2.15 bits per heavy atom. The molecule has 2 aromatic rings. The number of carbonyl (C=O) groups is 2. The minimum atomic E-state index is -0.897. The molecule has 0 aromatic heterocycles. The van der Waals surface area contributed by atoms with Crippen LogP contribution < -0.4 is 5.32 Å². The van der Waals surface area contributed by atoms with E-state index in [-0.39, 0.29) is 23.2 Å². The van der Waals surface area contributed by atoms with Crippen LogP contribution in [0.2, 0.25) is 0 Å². The second-order valence-corrected chi connectivity index (χ2v) is 6.19. The topological polar surface area (TPSA) is 49.4 Å². The summed E-state index contributed by atoms with van der Waals surface area (Å²) in [4.78, 5) is 26.1. The van der Waals surface area contributed by atoms with Crippen LogP contribution in [0.15, 0.2) is 42.5 Å². The molecule has 1 fully saturated rings. The van der Waals surface area contributed by atoms with Crippen LogP contribution in [0.1, 0.15) is 23.2 Å². The molecule has 0 saturated carbocycles. The molecule has 3 rings (SSSR count). The van der Waals surface area contributed by atoms with Crippen LogP contribution in [0.25, 0.3) is 0 Å². The number of anilines is 1. The van der Waals surface area contributed by atoms with E-state index in [1.54, 1.807) is 0 Å². The lowest BCUT2D eigenvalue weighted by Crippen LogP contribution is -2.41. The summed E-state index contributed by atoms with van der Waals surface area (Å²) >= 11 is 0. The maximum absolute atomic E-state index is 13.8. The standard InChI is InChI=1S/C19H17F3N2O2/c20-13-1-4-15(5-2-13)23-18(25)12-7-9-24(10-8-12)19(26)16-6-3-14(21)11-17(16)22/h1-6,11-12H,7-10H2,(H,23,25). The minimum Gasteiger partial charge on any atom is -0.339 e. The molecule has 1 heterocycles. The Balaban J connectivity index is 1.57. The van der Waals surface area contributed by atoms with Gasteiger partial charge in [-0.25, -0.2) is 13.2 Å². The van der Waals surface area contributed by atoms with Crippen LogP contribution in [0.4, 0.5) is 18.9 Å². The monoisotopic (exact) mass is 362 g/mol. The fourth-order valence-electron chi connectivity index (χ4n) is 2.96. The van der Waals surface area contributed by atoms with Crippen LogP contribution in [0.3, 0.4) is 0 Å². The number of rotatable bonds is 3. The third-order valence-electron chi connectivity index (χ3n) is 4.43. The summed E-state index contributed by atoms with van der Waals surface area (Å²) in [6.07, 6.45) is 0.864. The van der Waals surface area contributed by atoms with Crippen molar-refractivity contribution in [3.63, 3.8) is 0 Å². The zero-order valence-corrected chi connectivity index (χ0v) is 13.8. The van der Waals surface area contributed by atoms with Crippen molar-refractivity contribution in [2.45, 2.75) is 12.8 Å². The number of benzene rings is 2. The van der Waals surface area contributed by atoms with E-state index in [2.05, 4.69) is 5.32 Å². The first-order chi connectivity index (χ1) is 12.4. The third-order valence-corrected chi connectivity index (χ3v) is 4.43. The Kier molecular flexibility index (Phi) is 5.25. The summed E-state index contributed by atoms with van der Waals surface area (Å²) in [5, 5.41) is 2.72. The molecule has 1 N–H and O–H groups in total. The number of hydrogen-bond donors (Lipinski definition) is 1. The molecule has 2 aromatic carbocycles. The van der Waals surface area contributed by atoms with Crippen molar-refractivity contribution >= 4 is 17.5 Å². The van der Waals surface area contributed by atoms with Gasteiger partial charge in [0.25, 0.3) is 5.91 Å². The summed E-state index contributed by atoms with van der Waals surface area (Å²) in [7, 11) is 0. The van der Waals surface area contributed by atoms with Gasteiger partial charge in [0, 0.05) is 30.8 Å². The maximum atomic E-state index is 13.8. The molecule has 2 amide bonds. The van der Waals surface area contributed by atoms with Crippen LogP contribution >= 0.6 is 0 Å². The number of piperidine rings is 1. The van der Waals surface area contributed by atoms with Gasteiger partial charge in [-0.3, -0.25) is 9.59 Å². The fraction of sp³-hybridized carbons (Fsp3) is 0.263. The molecule has 0 bridgehead atoms. The molecule has 26 heavy (non-hydrogen) atoms. The predicted molar refractivity (Wildman–Crippen MR) is 90.0 cm³/mol. The molecule has 0 radical (unpaired) electrons. The first-order valence-electron chi connectivity index (χ1n) is 8.25. The van der Waals surface area contributed by atoms with Gasteiger partial charge in [0.2, 0.25) is 5.91 Å². The molecule has 7 heteroatoms. The number of likely N-dealkylation sites (tertiary alicyclic amines) is 1. The van der Waals surface area contributed by atoms with E-state index in [4.69, 9.17) is 0 Å². The highest BCUT2D eigenvalue weighted by molar-refractivity contribution is 5.95. The molecule has 0 aliphatic carbocycles. The molecule has 1 aliphatic rings. The SMILES string of the molecule is O=C(Nc1ccc(F)cc1)C1CCN(C(=O)c2ccc(F)cc2F)CC1. The average molecular weight is 362 g/mol. The lowest BCUT2D eigenvalue weighted by atomic mass is 9.95. The second kappa shape index (κ2) is 7.59. The highest BCUT2D eigenvalue weighted by atomic mass is 19.1. The van der Waals surface area contributed by atoms with E-state index >= 15 is 0 Å². The molecule has 0 spiro atoms. The van der Waals surface area contributed by atoms with Crippen LogP contribution in [-0.4, -0.2) is 29.8 Å². The summed E-state index contributed by atoms with van der Waals surface area (Å²) in [6, 6.07) is 8.31. The van der Waals surface area contributed by atoms with Gasteiger partial charge < -0.3 is 10.2 Å². The van der Waals surface area contributed by atoms with Gasteiger partial charge in [-0.15, -0.1) is 0 Å². The van der Waals surface area contributed by atoms with E-state index in [0.29, 0.717) is 37.7 Å². The molecule has 0 atom stereocenters. The Morgan fingerprint density at radius 2 is 1.54 bits per heavy atom. The average Bonchev–Trinajstić information content (AvgIpc) is 2.63. The summed E-state index contributed by atoms with van der Waals surface area (Å²) < 4.78 is 39.6. The second-order valence-electron chi connectivity index (χ2n) is 6.19. The Hall–Kier alpha value is -2.83. The third kappa shape index (κ3) is 4.04. The van der Waals surface area contributed by atoms with Crippen LogP contribution in [-0.2, 0) is 4.79 Å². The van der Waals surface area contributed by atoms with Crippen molar-refractivity contribution in [3.05, 3.63) is 65.5 Å². The molecule has 0 unspecified atom stereocenters. The van der Waals surface area contributed by atoms with Crippen molar-refractivity contribution in [2.24, 2.45) is 5.92 Å². The van der Waals surface area contributed by atoms with Crippen molar-refractivity contribution in [2.75, 3.05) is 18.4 Å². The normalized spacial score (nSPS) is 15.0. The molecule has 136 valence electrons. The van der Waals surface area contributed by atoms with Gasteiger partial charge in [-0.1, -0.05) is 0 Å². The van der Waals surface area contributed by atoms with E-state index < -0.39 is 17.5 Å². The van der Waals surface area contributed by atoms with Crippen molar-refractivity contribution in [3.8, 4) is 0 Å². The molecule has 4 nitrogen and oxygen atoms in total. The van der Waals surface area contributed by atoms with E-state index in [1.807, 2.05) is 0 Å². The Labute approximate surface area is 148 Å². The number of halogens is 3. The number of nitrogens with one attached hydrogen (secondary N) is 1. The van der Waals surface area contributed by atoms with Gasteiger partial charge in [-0.2, -0.15) is 0 Å². The first-order valence-corrected chi connectivity index (χ1v) is 8.25. The first kappa shape index (κ1) is 18.0. The Morgan fingerprint density at radius 1 is 0.923 bits per heavy atom. The van der Waals surface area contributed by atoms with Crippen molar-refractivity contribution in [1.82, 2.24) is 4.90 Å². The van der Waals surface area contributed by atoms with E-state index in [9.17, 15) is 22.8 Å². The lowest BCUT2D eigenvalue weighted by molar-refractivity contribution is -0.121. The van der Waals surface area contributed by atoms with Gasteiger partial charge in [-0.05, 0) is 49.2 Å². The minimum absolute atomic E-state index is 0.180. The van der Waals surface area contributed by atoms with Crippen LogP contribution in [0, 0.1) is 23.4 Å². The zero-order chi connectivity index (χ0) is 18.7.